The Morgan fingerprint density at radius 1 is 1.19 bits per heavy atom. The van der Waals surface area contributed by atoms with Gasteiger partial charge in [0, 0.05) is 5.69 Å². The van der Waals surface area contributed by atoms with Gasteiger partial charge in [-0.15, -0.1) is 0 Å². The van der Waals surface area contributed by atoms with Gasteiger partial charge in [0.15, 0.2) is 5.96 Å². The van der Waals surface area contributed by atoms with E-state index in [1.54, 1.807) is 12.1 Å². The van der Waals surface area contributed by atoms with Crippen LogP contribution < -0.4 is 15.8 Å². The monoisotopic (exact) mass is 367 g/mol. The van der Waals surface area contributed by atoms with Crippen molar-refractivity contribution in [3.8, 4) is 5.75 Å². The molecule has 0 spiro atoms. The van der Waals surface area contributed by atoms with Crippen molar-refractivity contribution < 1.29 is 14.3 Å². The number of carbonyl (C=O) groups excluding carboxylic acids is 1. The molecule has 0 bridgehead atoms. The van der Waals surface area contributed by atoms with Crippen LogP contribution in [0.15, 0.2) is 41.4 Å². The molecule has 0 unspecified atom stereocenters. The van der Waals surface area contributed by atoms with Crippen LogP contribution >= 0.6 is 0 Å². The Labute approximate surface area is 159 Å². The fraction of sp³-hybridized carbons (Fsp3) is 0.333. The predicted molar refractivity (Wildman–Crippen MR) is 106 cm³/mol. The number of rotatable bonds is 5. The molecule has 0 aromatic heterocycles. The van der Waals surface area contributed by atoms with Crippen LogP contribution in [0.3, 0.4) is 0 Å². The van der Waals surface area contributed by atoms with Crippen molar-refractivity contribution in [2.75, 3.05) is 19.5 Å². The number of aryl methyl sites for hydroxylation is 1. The molecular formula is C21H25N3O3. The Hall–Kier alpha value is -3.02. The third-order valence-corrected chi connectivity index (χ3v) is 4.76. The predicted octanol–water partition coefficient (Wildman–Crippen LogP) is 3.29. The number of ether oxygens (including phenoxy) is 2. The highest BCUT2D eigenvalue weighted by Gasteiger charge is 2.14. The van der Waals surface area contributed by atoms with E-state index in [1.807, 2.05) is 18.2 Å². The number of methoxy groups -OCH3 is 2. The Morgan fingerprint density at radius 3 is 2.78 bits per heavy atom. The Kier molecular flexibility index (Phi) is 5.96. The maximum Gasteiger partial charge on any atom is 0.341 e. The third kappa shape index (κ3) is 4.39. The van der Waals surface area contributed by atoms with Crippen molar-refractivity contribution in [2.45, 2.75) is 32.2 Å². The van der Waals surface area contributed by atoms with E-state index in [9.17, 15) is 4.79 Å². The standard InChI is InChI=1S/C21H25N3O3/c1-26-19-11-10-14(12-17(19)20(25)27-2)13-23-21(22)24-18-9-5-7-15-6-3-4-8-16(15)18/h5,7,9-12H,3-4,6,8,13H2,1-2H3,(H3,22,23,24). The number of nitrogens with one attached hydrogen (secondary N) is 1. The minimum absolute atomic E-state index is 0.349. The summed E-state index contributed by atoms with van der Waals surface area (Å²) < 4.78 is 10.0. The molecule has 0 fully saturated rings. The molecule has 0 radical (unpaired) electrons. The summed E-state index contributed by atoms with van der Waals surface area (Å²) in [5.74, 6) is 0.376. The van der Waals surface area contributed by atoms with Crippen LogP contribution in [-0.4, -0.2) is 26.1 Å². The van der Waals surface area contributed by atoms with E-state index in [4.69, 9.17) is 15.2 Å². The van der Waals surface area contributed by atoms with E-state index >= 15 is 0 Å². The maximum atomic E-state index is 11.9. The highest BCUT2D eigenvalue weighted by atomic mass is 16.5. The van der Waals surface area contributed by atoms with E-state index < -0.39 is 5.97 Å². The van der Waals surface area contributed by atoms with Gasteiger partial charge in [-0.25, -0.2) is 9.79 Å². The van der Waals surface area contributed by atoms with Crippen LogP contribution in [0.1, 0.15) is 39.9 Å². The number of fused-ring (bicyclic) bond motifs is 1. The van der Waals surface area contributed by atoms with Crippen LogP contribution in [0.5, 0.6) is 5.75 Å². The normalized spacial score (nSPS) is 13.6. The van der Waals surface area contributed by atoms with Crippen LogP contribution in [0.2, 0.25) is 0 Å². The first-order valence-corrected chi connectivity index (χ1v) is 9.05. The summed E-state index contributed by atoms with van der Waals surface area (Å²) in [6.07, 6.45) is 4.61. The molecule has 6 nitrogen and oxygen atoms in total. The molecule has 0 saturated carbocycles. The van der Waals surface area contributed by atoms with Gasteiger partial charge in [0.2, 0.25) is 0 Å². The number of benzene rings is 2. The Morgan fingerprint density at radius 2 is 2.00 bits per heavy atom. The summed E-state index contributed by atoms with van der Waals surface area (Å²) in [5.41, 5.74) is 11.0. The molecule has 3 N–H and O–H groups in total. The van der Waals surface area contributed by atoms with Gasteiger partial charge in [-0.3, -0.25) is 0 Å². The lowest BCUT2D eigenvalue weighted by atomic mass is 9.90. The number of carbonyl (C=O) groups is 1. The molecule has 0 amide bonds. The van der Waals surface area contributed by atoms with Gasteiger partial charge >= 0.3 is 5.97 Å². The number of nitrogens with two attached hydrogens (primary N) is 1. The van der Waals surface area contributed by atoms with Gasteiger partial charge in [-0.1, -0.05) is 18.2 Å². The maximum absolute atomic E-state index is 11.9. The summed E-state index contributed by atoms with van der Waals surface area (Å²) in [4.78, 5) is 16.3. The molecule has 142 valence electrons. The number of hydrogen-bond acceptors (Lipinski definition) is 4. The fourth-order valence-corrected chi connectivity index (χ4v) is 3.38. The zero-order valence-electron chi connectivity index (χ0n) is 15.7. The summed E-state index contributed by atoms with van der Waals surface area (Å²) in [6.45, 7) is 0.349. The topological polar surface area (TPSA) is 85.9 Å². The number of anilines is 1. The molecular weight excluding hydrogens is 342 g/mol. The molecule has 27 heavy (non-hydrogen) atoms. The molecule has 6 heteroatoms. The number of nitrogens with zero attached hydrogens (tertiary/aromatic N) is 1. The highest BCUT2D eigenvalue weighted by Crippen LogP contribution is 2.27. The average Bonchev–Trinajstić information content (AvgIpc) is 2.71. The first-order valence-electron chi connectivity index (χ1n) is 9.05. The van der Waals surface area contributed by atoms with E-state index in [-0.39, 0.29) is 0 Å². The van der Waals surface area contributed by atoms with E-state index in [1.165, 1.54) is 38.2 Å². The van der Waals surface area contributed by atoms with E-state index in [2.05, 4.69) is 16.4 Å². The number of guanidine groups is 1. The SMILES string of the molecule is COC(=O)c1cc(CN=C(N)Nc2cccc3c2CCCC3)ccc1OC. The third-order valence-electron chi connectivity index (χ3n) is 4.76. The van der Waals surface area contributed by atoms with Crippen molar-refractivity contribution in [1.82, 2.24) is 0 Å². The van der Waals surface area contributed by atoms with E-state index in [0.717, 1.165) is 24.1 Å². The Balaban J connectivity index is 1.74. The van der Waals surface area contributed by atoms with Crippen LogP contribution in [0.4, 0.5) is 5.69 Å². The molecule has 2 aromatic rings. The second-order valence-electron chi connectivity index (χ2n) is 6.50. The Bertz CT molecular complexity index is 862. The van der Waals surface area contributed by atoms with Crippen LogP contribution in [0.25, 0.3) is 0 Å². The van der Waals surface area contributed by atoms with Crippen molar-refractivity contribution in [1.29, 1.82) is 0 Å². The van der Waals surface area contributed by atoms with Crippen LogP contribution in [-0.2, 0) is 24.1 Å². The highest BCUT2D eigenvalue weighted by molar-refractivity contribution is 5.94. The second-order valence-corrected chi connectivity index (χ2v) is 6.50. The molecule has 1 aliphatic rings. The summed E-state index contributed by atoms with van der Waals surface area (Å²) >= 11 is 0. The number of hydrogen-bond donors (Lipinski definition) is 2. The minimum atomic E-state index is -0.445. The van der Waals surface area contributed by atoms with Gasteiger partial charge < -0.3 is 20.5 Å². The summed E-state index contributed by atoms with van der Waals surface area (Å²) in [7, 11) is 2.86. The quantitative estimate of drug-likeness (QED) is 0.481. The first-order chi connectivity index (χ1) is 13.1. The molecule has 0 saturated heterocycles. The lowest BCUT2D eigenvalue weighted by Crippen LogP contribution is -2.24. The fourth-order valence-electron chi connectivity index (χ4n) is 3.38. The van der Waals surface area contributed by atoms with Gasteiger partial charge in [0.1, 0.15) is 11.3 Å². The van der Waals surface area contributed by atoms with E-state index in [0.29, 0.717) is 23.8 Å². The smallest absolute Gasteiger partial charge is 0.341 e. The van der Waals surface area contributed by atoms with Gasteiger partial charge in [0.25, 0.3) is 0 Å². The number of aliphatic imine (C=N–C) groups is 1. The number of esters is 1. The molecule has 3 rings (SSSR count). The van der Waals surface area contributed by atoms with Gasteiger partial charge in [-0.2, -0.15) is 0 Å². The molecule has 0 aliphatic heterocycles. The van der Waals surface area contributed by atoms with Gasteiger partial charge in [0.05, 0.1) is 20.8 Å². The zero-order valence-corrected chi connectivity index (χ0v) is 15.7. The second kappa shape index (κ2) is 8.58. The molecule has 0 atom stereocenters. The van der Waals surface area contributed by atoms with Crippen molar-refractivity contribution in [3.63, 3.8) is 0 Å². The lowest BCUT2D eigenvalue weighted by molar-refractivity contribution is 0.0597. The molecule has 1 aliphatic carbocycles. The summed E-state index contributed by atoms with van der Waals surface area (Å²) in [5, 5.41) is 3.22. The minimum Gasteiger partial charge on any atom is -0.496 e. The van der Waals surface area contributed by atoms with Crippen molar-refractivity contribution in [2.24, 2.45) is 10.7 Å². The summed E-state index contributed by atoms with van der Waals surface area (Å²) in [6, 6.07) is 11.6. The van der Waals surface area contributed by atoms with Crippen molar-refractivity contribution >= 4 is 17.6 Å². The largest absolute Gasteiger partial charge is 0.496 e. The molecule has 2 aromatic carbocycles. The average molecular weight is 367 g/mol. The first kappa shape index (κ1) is 18.8. The van der Waals surface area contributed by atoms with Crippen molar-refractivity contribution in [3.05, 3.63) is 58.7 Å². The van der Waals surface area contributed by atoms with Crippen LogP contribution in [0, 0.1) is 0 Å². The lowest BCUT2D eigenvalue weighted by Gasteiger charge is -2.19. The molecule has 0 heterocycles. The van der Waals surface area contributed by atoms with Gasteiger partial charge in [-0.05, 0) is 60.6 Å². The zero-order chi connectivity index (χ0) is 19.2.